The van der Waals surface area contributed by atoms with Crippen LogP contribution in [0.3, 0.4) is 0 Å². The van der Waals surface area contributed by atoms with Gasteiger partial charge in [-0.05, 0) is 19.1 Å². The molecule has 0 bridgehead atoms. The second-order valence-corrected chi connectivity index (χ2v) is 3.21. The normalized spacial score (nSPS) is 10.4. The van der Waals surface area contributed by atoms with Crippen LogP contribution in [0.15, 0.2) is 18.3 Å². The fourth-order valence-corrected chi connectivity index (χ4v) is 1.07. The summed E-state index contributed by atoms with van der Waals surface area (Å²) in [6.45, 7) is 1.94. The Morgan fingerprint density at radius 3 is 2.67 bits per heavy atom. The number of halogens is 3. The Kier molecular flexibility index (Phi) is 4.72. The highest BCUT2D eigenvalue weighted by atomic mass is 19.4. The van der Waals surface area contributed by atoms with Crippen LogP contribution in [0.2, 0.25) is 0 Å². The molecule has 0 unspecified atom stereocenters. The van der Waals surface area contributed by atoms with Gasteiger partial charge in [0.15, 0.2) is 0 Å². The summed E-state index contributed by atoms with van der Waals surface area (Å²) >= 11 is 0. The first kappa shape index (κ1) is 14.0. The van der Waals surface area contributed by atoms with E-state index in [-0.39, 0.29) is 13.0 Å². The van der Waals surface area contributed by atoms with Gasteiger partial charge in [0.1, 0.15) is 12.1 Å². The fourth-order valence-electron chi connectivity index (χ4n) is 1.07. The van der Waals surface area contributed by atoms with E-state index in [1.54, 1.807) is 6.92 Å². The van der Waals surface area contributed by atoms with Gasteiger partial charge in [0, 0.05) is 11.8 Å². The standard InChI is InChI=1S/C12H10F3NO2/c1-2-18-11(17)5-3-4-9-6-7-10(16-8-9)12(13,14)15/h6-8H,2,5H2,1H3. The first-order valence-electron chi connectivity index (χ1n) is 5.11. The number of pyridine rings is 1. The molecule has 1 heterocycles. The minimum Gasteiger partial charge on any atom is -0.465 e. The van der Waals surface area contributed by atoms with Gasteiger partial charge in [-0.3, -0.25) is 9.78 Å². The van der Waals surface area contributed by atoms with Gasteiger partial charge >= 0.3 is 12.1 Å². The molecule has 0 aromatic carbocycles. The van der Waals surface area contributed by atoms with Gasteiger partial charge in [0.05, 0.1) is 6.61 Å². The number of carbonyl (C=O) groups is 1. The Hall–Kier alpha value is -2.03. The number of nitrogens with zero attached hydrogens (tertiary/aromatic N) is 1. The van der Waals surface area contributed by atoms with Crippen molar-refractivity contribution in [1.29, 1.82) is 0 Å². The predicted molar refractivity (Wildman–Crippen MR) is 57.4 cm³/mol. The van der Waals surface area contributed by atoms with E-state index in [0.29, 0.717) is 5.56 Å². The molecular weight excluding hydrogens is 247 g/mol. The molecule has 0 atom stereocenters. The highest BCUT2D eigenvalue weighted by molar-refractivity contribution is 5.72. The minimum absolute atomic E-state index is 0.102. The van der Waals surface area contributed by atoms with E-state index >= 15 is 0 Å². The van der Waals surface area contributed by atoms with Gasteiger partial charge in [-0.25, -0.2) is 0 Å². The van der Waals surface area contributed by atoms with Crippen LogP contribution in [0.25, 0.3) is 0 Å². The number of alkyl halides is 3. The summed E-state index contributed by atoms with van der Waals surface area (Å²) in [5.74, 6) is 4.56. The number of hydrogen-bond acceptors (Lipinski definition) is 3. The maximum absolute atomic E-state index is 12.2. The Labute approximate surface area is 102 Å². The molecule has 0 aliphatic heterocycles. The van der Waals surface area contributed by atoms with Crippen molar-refractivity contribution in [1.82, 2.24) is 4.98 Å². The SMILES string of the molecule is CCOC(=O)CC#Cc1ccc(C(F)(F)F)nc1. The Morgan fingerprint density at radius 2 is 2.17 bits per heavy atom. The molecule has 0 N–H and O–H groups in total. The van der Waals surface area contributed by atoms with Gasteiger partial charge in [-0.15, -0.1) is 0 Å². The van der Waals surface area contributed by atoms with Crippen molar-refractivity contribution >= 4 is 5.97 Å². The van der Waals surface area contributed by atoms with Crippen LogP contribution in [0.5, 0.6) is 0 Å². The average molecular weight is 257 g/mol. The first-order chi connectivity index (χ1) is 8.43. The number of esters is 1. The van der Waals surface area contributed by atoms with Crippen molar-refractivity contribution in [2.75, 3.05) is 6.61 Å². The summed E-state index contributed by atoms with van der Waals surface area (Å²) in [5.41, 5.74) is -0.661. The fraction of sp³-hybridized carbons (Fsp3) is 0.333. The van der Waals surface area contributed by atoms with Crippen LogP contribution in [-0.4, -0.2) is 17.6 Å². The van der Waals surface area contributed by atoms with Gasteiger partial charge in [-0.2, -0.15) is 13.2 Å². The van der Waals surface area contributed by atoms with E-state index in [1.165, 1.54) is 6.07 Å². The summed E-state index contributed by atoms with van der Waals surface area (Å²) in [4.78, 5) is 14.2. The molecule has 1 aromatic heterocycles. The molecule has 0 fully saturated rings. The average Bonchev–Trinajstić information content (AvgIpc) is 2.29. The van der Waals surface area contributed by atoms with Crippen LogP contribution >= 0.6 is 0 Å². The van der Waals surface area contributed by atoms with Crippen molar-refractivity contribution in [3.8, 4) is 11.8 Å². The molecule has 1 rings (SSSR count). The smallest absolute Gasteiger partial charge is 0.433 e. The van der Waals surface area contributed by atoms with Crippen LogP contribution in [-0.2, 0) is 15.7 Å². The van der Waals surface area contributed by atoms with Crippen LogP contribution in [0, 0.1) is 11.8 Å². The predicted octanol–water partition coefficient (Wildman–Crippen LogP) is 2.41. The summed E-state index contributed by atoms with van der Waals surface area (Å²) in [5, 5.41) is 0. The minimum atomic E-state index is -4.46. The van der Waals surface area contributed by atoms with Crippen LogP contribution < -0.4 is 0 Å². The number of ether oxygens (including phenoxy) is 1. The molecule has 18 heavy (non-hydrogen) atoms. The van der Waals surface area contributed by atoms with E-state index in [1.807, 2.05) is 0 Å². The van der Waals surface area contributed by atoms with E-state index in [2.05, 4.69) is 21.6 Å². The zero-order valence-corrected chi connectivity index (χ0v) is 9.54. The zero-order chi connectivity index (χ0) is 13.6. The lowest BCUT2D eigenvalue weighted by atomic mass is 10.2. The summed E-state index contributed by atoms with van der Waals surface area (Å²) in [6, 6.07) is 2.04. The monoisotopic (exact) mass is 257 g/mol. The summed E-state index contributed by atoms with van der Waals surface area (Å²) in [6.07, 6.45) is -3.55. The van der Waals surface area contributed by atoms with E-state index < -0.39 is 17.8 Å². The maximum Gasteiger partial charge on any atom is 0.433 e. The zero-order valence-electron chi connectivity index (χ0n) is 9.54. The second-order valence-electron chi connectivity index (χ2n) is 3.21. The molecule has 0 saturated carbocycles. The third-order valence-electron chi connectivity index (χ3n) is 1.82. The van der Waals surface area contributed by atoms with Crippen LogP contribution in [0.4, 0.5) is 13.2 Å². The lowest BCUT2D eigenvalue weighted by Crippen LogP contribution is -2.07. The molecule has 3 nitrogen and oxygen atoms in total. The third kappa shape index (κ3) is 4.45. The molecule has 0 radical (unpaired) electrons. The Bertz CT molecular complexity index is 469. The number of aromatic nitrogens is 1. The molecule has 0 amide bonds. The van der Waals surface area contributed by atoms with Crippen molar-refractivity contribution in [3.63, 3.8) is 0 Å². The molecule has 1 aromatic rings. The van der Waals surface area contributed by atoms with E-state index in [4.69, 9.17) is 0 Å². The second kappa shape index (κ2) is 6.05. The van der Waals surface area contributed by atoms with Crippen LogP contribution in [0.1, 0.15) is 24.6 Å². The Morgan fingerprint density at radius 1 is 1.44 bits per heavy atom. The quantitative estimate of drug-likeness (QED) is 0.603. The first-order valence-corrected chi connectivity index (χ1v) is 5.11. The highest BCUT2D eigenvalue weighted by Crippen LogP contribution is 2.26. The molecule has 0 saturated heterocycles. The van der Waals surface area contributed by atoms with Crippen molar-refractivity contribution in [2.45, 2.75) is 19.5 Å². The molecule has 6 heteroatoms. The molecular formula is C12H10F3NO2. The van der Waals surface area contributed by atoms with E-state index in [0.717, 1.165) is 12.3 Å². The highest BCUT2D eigenvalue weighted by Gasteiger charge is 2.31. The van der Waals surface area contributed by atoms with Gasteiger partial charge in [0.25, 0.3) is 0 Å². The lowest BCUT2D eigenvalue weighted by Gasteiger charge is -2.03. The molecule has 0 spiro atoms. The number of carbonyl (C=O) groups excluding carboxylic acids is 1. The Balaban J connectivity index is 2.65. The van der Waals surface area contributed by atoms with Gasteiger partial charge < -0.3 is 4.74 Å². The maximum atomic E-state index is 12.2. The largest absolute Gasteiger partial charge is 0.465 e. The lowest BCUT2D eigenvalue weighted by molar-refractivity contribution is -0.142. The van der Waals surface area contributed by atoms with Crippen molar-refractivity contribution in [3.05, 3.63) is 29.6 Å². The van der Waals surface area contributed by atoms with Crippen molar-refractivity contribution < 1.29 is 22.7 Å². The van der Waals surface area contributed by atoms with Gasteiger partial charge in [-0.1, -0.05) is 11.8 Å². The summed E-state index contributed by atoms with van der Waals surface area (Å²) in [7, 11) is 0. The van der Waals surface area contributed by atoms with Crippen molar-refractivity contribution in [2.24, 2.45) is 0 Å². The van der Waals surface area contributed by atoms with Gasteiger partial charge in [0.2, 0.25) is 0 Å². The topological polar surface area (TPSA) is 39.2 Å². The number of hydrogen-bond donors (Lipinski definition) is 0. The molecule has 96 valence electrons. The van der Waals surface area contributed by atoms with E-state index in [9.17, 15) is 18.0 Å². The summed E-state index contributed by atoms with van der Waals surface area (Å²) < 4.78 is 41.2. The molecule has 0 aliphatic carbocycles. The number of rotatable bonds is 2. The third-order valence-corrected chi connectivity index (χ3v) is 1.82. The molecule has 0 aliphatic rings.